The molecule has 1 heterocycles. The van der Waals surface area contributed by atoms with Crippen molar-refractivity contribution in [3.05, 3.63) is 52.1 Å². The molecule has 1 atom stereocenters. The van der Waals surface area contributed by atoms with Crippen molar-refractivity contribution >= 4 is 73.1 Å². The minimum Gasteiger partial charge on any atom is -0.306 e. The van der Waals surface area contributed by atoms with Gasteiger partial charge in [0, 0.05) is 13.6 Å². The summed E-state index contributed by atoms with van der Waals surface area (Å²) in [4.78, 5) is 0. The maximum atomic E-state index is 6.34. The van der Waals surface area contributed by atoms with Gasteiger partial charge in [0.15, 0.2) is 0 Å². The van der Waals surface area contributed by atoms with E-state index in [2.05, 4.69) is 69.0 Å². The van der Waals surface area contributed by atoms with Gasteiger partial charge in [-0.15, -0.1) is 11.3 Å². The topological polar surface area (TPSA) is 12.0 Å². The fourth-order valence-electron chi connectivity index (χ4n) is 1.96. The highest BCUT2D eigenvalue weighted by Crippen LogP contribution is 2.39. The fourth-order valence-corrected chi connectivity index (χ4v) is 4.48. The van der Waals surface area contributed by atoms with Crippen LogP contribution in [0.2, 0.25) is 8.67 Å². The molecule has 0 saturated carbocycles. The van der Waals surface area contributed by atoms with Gasteiger partial charge in [-0.1, -0.05) is 46.1 Å². The highest BCUT2D eigenvalue weighted by atomic mass is 127. The van der Waals surface area contributed by atoms with E-state index in [-0.39, 0.29) is 6.04 Å². The van der Waals surface area contributed by atoms with Gasteiger partial charge < -0.3 is 5.32 Å². The minimum atomic E-state index is 0.0512. The molecule has 20 heavy (non-hydrogen) atoms. The Balaban J connectivity index is 2.46. The summed E-state index contributed by atoms with van der Waals surface area (Å²) in [5.41, 5.74) is 2.22. The van der Waals surface area contributed by atoms with Crippen molar-refractivity contribution in [3.63, 3.8) is 0 Å². The van der Waals surface area contributed by atoms with Gasteiger partial charge >= 0.3 is 0 Å². The molecule has 0 aliphatic heterocycles. The van der Waals surface area contributed by atoms with Crippen molar-refractivity contribution in [2.45, 2.75) is 19.4 Å². The maximum absolute atomic E-state index is 6.34. The molecule has 0 amide bonds. The Morgan fingerprint density at radius 3 is 2.65 bits per heavy atom. The highest BCUT2D eigenvalue weighted by Gasteiger charge is 2.21. The van der Waals surface area contributed by atoms with Crippen LogP contribution in [0.5, 0.6) is 0 Å². The quantitative estimate of drug-likeness (QED) is 0.458. The van der Waals surface area contributed by atoms with Crippen LogP contribution in [0, 0.1) is 3.57 Å². The number of nitrogens with one attached hydrogen (secondary N) is 1. The van der Waals surface area contributed by atoms with E-state index in [4.69, 9.17) is 23.2 Å². The van der Waals surface area contributed by atoms with Crippen molar-refractivity contribution in [3.8, 4) is 0 Å². The largest absolute Gasteiger partial charge is 0.306 e. The molecule has 1 aromatic heterocycles. The molecular weight excluding hydrogens is 492 g/mol. The third-order valence-electron chi connectivity index (χ3n) is 2.86. The molecule has 1 aromatic carbocycles. The standard InChI is InChI=1S/C14H13BrCl2INS/c1-2-5-19-13(10-7-12(16)20-14(10)17)9-6-8(18)3-4-11(9)15/h3-4,6-7,13,19H,2,5H2,1H3. The highest BCUT2D eigenvalue weighted by molar-refractivity contribution is 14.1. The number of halogens is 4. The summed E-state index contributed by atoms with van der Waals surface area (Å²) in [6, 6.07) is 8.32. The SMILES string of the molecule is CCCNC(c1cc(I)ccc1Br)c1cc(Cl)sc1Cl. The van der Waals surface area contributed by atoms with Gasteiger partial charge in [-0.05, 0) is 65.4 Å². The zero-order chi connectivity index (χ0) is 14.7. The Bertz CT molecular complexity index is 603. The first-order chi connectivity index (χ1) is 9.52. The van der Waals surface area contributed by atoms with Crippen LogP contribution < -0.4 is 5.32 Å². The molecule has 108 valence electrons. The van der Waals surface area contributed by atoms with Gasteiger partial charge in [0.05, 0.1) is 14.7 Å². The molecule has 0 aliphatic rings. The van der Waals surface area contributed by atoms with E-state index in [9.17, 15) is 0 Å². The summed E-state index contributed by atoms with van der Waals surface area (Å²) < 4.78 is 3.73. The van der Waals surface area contributed by atoms with Crippen molar-refractivity contribution in [2.24, 2.45) is 0 Å². The Labute approximate surface area is 155 Å². The lowest BCUT2D eigenvalue weighted by Gasteiger charge is -2.20. The average Bonchev–Trinajstić information content (AvgIpc) is 2.73. The van der Waals surface area contributed by atoms with Gasteiger partial charge in [-0.25, -0.2) is 0 Å². The smallest absolute Gasteiger partial charge is 0.0995 e. The first-order valence-corrected chi connectivity index (χ1v) is 9.60. The molecule has 0 fully saturated rings. The van der Waals surface area contributed by atoms with E-state index >= 15 is 0 Å². The molecule has 2 aromatic rings. The summed E-state index contributed by atoms with van der Waals surface area (Å²) in [5.74, 6) is 0. The lowest BCUT2D eigenvalue weighted by Crippen LogP contribution is -2.23. The van der Waals surface area contributed by atoms with E-state index in [1.165, 1.54) is 20.5 Å². The Hall–Kier alpha value is 0.670. The van der Waals surface area contributed by atoms with Crippen LogP contribution in [0.25, 0.3) is 0 Å². The van der Waals surface area contributed by atoms with Crippen LogP contribution in [0.4, 0.5) is 0 Å². The number of hydrogen-bond donors (Lipinski definition) is 1. The first kappa shape index (κ1) is 17.0. The van der Waals surface area contributed by atoms with Crippen LogP contribution in [0.15, 0.2) is 28.7 Å². The Morgan fingerprint density at radius 2 is 2.05 bits per heavy atom. The van der Waals surface area contributed by atoms with Crippen LogP contribution in [0.3, 0.4) is 0 Å². The molecule has 0 saturated heterocycles. The monoisotopic (exact) mass is 503 g/mol. The maximum Gasteiger partial charge on any atom is 0.0995 e. The van der Waals surface area contributed by atoms with Crippen molar-refractivity contribution in [1.82, 2.24) is 5.32 Å². The molecule has 1 unspecified atom stereocenters. The van der Waals surface area contributed by atoms with Crippen molar-refractivity contribution in [2.75, 3.05) is 6.54 Å². The van der Waals surface area contributed by atoms with Crippen LogP contribution in [-0.2, 0) is 0 Å². The lowest BCUT2D eigenvalue weighted by atomic mass is 10.0. The van der Waals surface area contributed by atoms with Crippen LogP contribution in [-0.4, -0.2) is 6.54 Å². The van der Waals surface area contributed by atoms with E-state index in [0.29, 0.717) is 0 Å². The Morgan fingerprint density at radius 1 is 1.30 bits per heavy atom. The van der Waals surface area contributed by atoms with E-state index < -0.39 is 0 Å². The number of rotatable bonds is 5. The molecule has 1 nitrogen and oxygen atoms in total. The molecule has 0 radical (unpaired) electrons. The predicted octanol–water partition coefficient (Wildman–Crippen LogP) is 6.51. The Kier molecular flexibility index (Phi) is 6.63. The van der Waals surface area contributed by atoms with Crippen LogP contribution >= 0.6 is 73.1 Å². The second kappa shape index (κ2) is 7.79. The molecule has 0 spiro atoms. The lowest BCUT2D eigenvalue weighted by molar-refractivity contribution is 0.598. The number of benzene rings is 1. The third-order valence-corrected chi connectivity index (χ3v) is 5.77. The van der Waals surface area contributed by atoms with E-state index in [1.807, 2.05) is 6.07 Å². The van der Waals surface area contributed by atoms with Gasteiger partial charge in [0.25, 0.3) is 0 Å². The second-order valence-electron chi connectivity index (χ2n) is 4.33. The second-order valence-corrected chi connectivity index (χ2v) is 8.72. The van der Waals surface area contributed by atoms with Gasteiger partial charge in [0.2, 0.25) is 0 Å². The van der Waals surface area contributed by atoms with E-state index in [0.717, 1.165) is 31.7 Å². The van der Waals surface area contributed by atoms with Gasteiger partial charge in [-0.3, -0.25) is 0 Å². The minimum absolute atomic E-state index is 0.0512. The molecule has 6 heteroatoms. The molecule has 0 bridgehead atoms. The van der Waals surface area contributed by atoms with Crippen molar-refractivity contribution < 1.29 is 0 Å². The zero-order valence-electron chi connectivity index (χ0n) is 10.7. The summed E-state index contributed by atoms with van der Waals surface area (Å²) >= 11 is 19.8. The molecular formula is C14H13BrCl2INS. The molecule has 1 N–H and O–H groups in total. The van der Waals surface area contributed by atoms with Crippen LogP contribution in [0.1, 0.15) is 30.5 Å². The first-order valence-electron chi connectivity index (χ1n) is 6.16. The van der Waals surface area contributed by atoms with Gasteiger partial charge in [0.1, 0.15) is 0 Å². The number of hydrogen-bond acceptors (Lipinski definition) is 2. The fraction of sp³-hybridized carbons (Fsp3) is 0.286. The summed E-state index contributed by atoms with van der Waals surface area (Å²) in [6.45, 7) is 3.07. The predicted molar refractivity (Wildman–Crippen MR) is 101 cm³/mol. The third kappa shape index (κ3) is 4.11. The zero-order valence-corrected chi connectivity index (χ0v) is 16.8. The normalized spacial score (nSPS) is 12.7. The summed E-state index contributed by atoms with van der Waals surface area (Å²) in [5, 5.41) is 3.55. The summed E-state index contributed by atoms with van der Waals surface area (Å²) in [6.07, 6.45) is 1.06. The van der Waals surface area contributed by atoms with E-state index in [1.54, 1.807) is 0 Å². The average molecular weight is 505 g/mol. The van der Waals surface area contributed by atoms with Gasteiger partial charge in [-0.2, -0.15) is 0 Å². The molecule has 2 rings (SSSR count). The molecule has 0 aliphatic carbocycles. The van der Waals surface area contributed by atoms with Crippen molar-refractivity contribution in [1.29, 1.82) is 0 Å². The number of thiophene rings is 1. The summed E-state index contributed by atoms with van der Waals surface area (Å²) in [7, 11) is 0.